The molecule has 1 amide bonds. The smallest absolute Gasteiger partial charge is 0.256 e. The van der Waals surface area contributed by atoms with E-state index in [4.69, 9.17) is 25.5 Å². The number of anilines is 1. The Labute approximate surface area is 194 Å². The van der Waals surface area contributed by atoms with E-state index in [-0.39, 0.29) is 5.91 Å². The summed E-state index contributed by atoms with van der Waals surface area (Å²) >= 11 is 6.28. The highest BCUT2D eigenvalue weighted by molar-refractivity contribution is 6.36. The Kier molecular flexibility index (Phi) is 5.36. The van der Waals surface area contributed by atoms with Crippen LogP contribution in [0.15, 0.2) is 77.2 Å². The first-order chi connectivity index (χ1) is 16.1. The fourth-order valence-corrected chi connectivity index (χ4v) is 4.00. The van der Waals surface area contributed by atoms with Crippen molar-refractivity contribution in [2.24, 2.45) is 0 Å². The number of carbonyl (C=O) groups is 1. The molecule has 1 N–H and O–H groups in total. The molecule has 33 heavy (non-hydrogen) atoms. The van der Waals surface area contributed by atoms with Gasteiger partial charge in [-0.25, -0.2) is 4.98 Å². The Morgan fingerprint density at radius 3 is 2.52 bits per heavy atom. The molecule has 0 unspecified atom stereocenters. The van der Waals surface area contributed by atoms with E-state index in [1.165, 1.54) is 0 Å². The summed E-state index contributed by atoms with van der Waals surface area (Å²) in [4.78, 5) is 17.6. The quantitative estimate of drug-likeness (QED) is 0.322. The molecule has 0 aliphatic heterocycles. The number of carbonyl (C=O) groups excluding carboxylic acids is 1. The van der Waals surface area contributed by atoms with Crippen LogP contribution in [0, 0.1) is 0 Å². The Bertz CT molecular complexity index is 1510. The van der Waals surface area contributed by atoms with Crippen molar-refractivity contribution in [3.63, 3.8) is 0 Å². The van der Waals surface area contributed by atoms with Gasteiger partial charge in [0.1, 0.15) is 5.52 Å². The number of halogens is 1. The molecule has 6 nitrogen and oxygen atoms in total. The van der Waals surface area contributed by atoms with E-state index in [1.807, 2.05) is 30.3 Å². The largest absolute Gasteiger partial charge is 0.493 e. The second-order valence-electron chi connectivity index (χ2n) is 7.37. The normalized spacial score (nSPS) is 11.0. The molecule has 7 heteroatoms. The number of oxazole rings is 1. The lowest BCUT2D eigenvalue weighted by Crippen LogP contribution is -2.12. The molecular formula is C26H19ClN2O4. The second-order valence-corrected chi connectivity index (χ2v) is 7.77. The highest BCUT2D eigenvalue weighted by atomic mass is 35.5. The third-order valence-electron chi connectivity index (χ3n) is 5.39. The van der Waals surface area contributed by atoms with Crippen molar-refractivity contribution in [2.75, 3.05) is 19.5 Å². The summed E-state index contributed by atoms with van der Waals surface area (Å²) in [5, 5.41) is 5.17. The van der Waals surface area contributed by atoms with Gasteiger partial charge in [-0.2, -0.15) is 0 Å². The van der Waals surface area contributed by atoms with Gasteiger partial charge in [-0.05, 0) is 53.9 Å². The predicted octanol–water partition coefficient (Wildman–Crippen LogP) is 6.57. The van der Waals surface area contributed by atoms with E-state index in [9.17, 15) is 4.79 Å². The highest BCUT2D eigenvalue weighted by Gasteiger charge is 2.15. The zero-order chi connectivity index (χ0) is 22.9. The number of amides is 1. The lowest BCUT2D eigenvalue weighted by atomic mass is 10.0. The van der Waals surface area contributed by atoms with Crippen LogP contribution < -0.4 is 14.8 Å². The van der Waals surface area contributed by atoms with Gasteiger partial charge in [0.2, 0.25) is 5.89 Å². The van der Waals surface area contributed by atoms with Crippen molar-refractivity contribution in [1.82, 2.24) is 4.98 Å². The van der Waals surface area contributed by atoms with Crippen LogP contribution in [0.1, 0.15) is 10.4 Å². The van der Waals surface area contributed by atoms with Crippen molar-refractivity contribution >= 4 is 45.1 Å². The summed E-state index contributed by atoms with van der Waals surface area (Å²) in [6.45, 7) is 0. The molecule has 0 fully saturated rings. The maximum absolute atomic E-state index is 13.0. The molecule has 5 rings (SSSR count). The molecule has 0 saturated heterocycles. The molecule has 0 spiro atoms. The first kappa shape index (κ1) is 20.8. The minimum Gasteiger partial charge on any atom is -0.493 e. The van der Waals surface area contributed by atoms with Crippen molar-refractivity contribution < 1.29 is 18.7 Å². The number of nitrogens with zero attached hydrogens (tertiary/aromatic N) is 1. The van der Waals surface area contributed by atoms with E-state index in [0.717, 1.165) is 16.3 Å². The molecule has 164 valence electrons. The lowest BCUT2D eigenvalue weighted by molar-refractivity contribution is 0.102. The third kappa shape index (κ3) is 3.85. The summed E-state index contributed by atoms with van der Waals surface area (Å²) in [7, 11) is 3.16. The van der Waals surface area contributed by atoms with Crippen LogP contribution in [0.3, 0.4) is 0 Å². The molecule has 1 aromatic heterocycles. The van der Waals surface area contributed by atoms with E-state index < -0.39 is 0 Å². The average molecular weight is 459 g/mol. The number of rotatable bonds is 5. The maximum Gasteiger partial charge on any atom is 0.256 e. The number of fused-ring (bicyclic) bond motifs is 2. The molecule has 0 saturated carbocycles. The Morgan fingerprint density at radius 1 is 0.909 bits per heavy atom. The first-order valence-electron chi connectivity index (χ1n) is 10.2. The predicted molar refractivity (Wildman–Crippen MR) is 129 cm³/mol. The van der Waals surface area contributed by atoms with Gasteiger partial charge in [-0.15, -0.1) is 0 Å². The minimum absolute atomic E-state index is 0.231. The van der Waals surface area contributed by atoms with Crippen LogP contribution in [0.25, 0.3) is 33.3 Å². The fourth-order valence-electron chi connectivity index (χ4n) is 3.77. The standard InChI is InChI=1S/C26H19ClN2O4/c1-31-23-11-9-15(13-24(23)32-2)26-29-21-14-16(10-12-22(21)33-26)28-25(30)19-7-3-6-18-17(19)5-4-8-20(18)27/h3-14H,1-2H3,(H,28,30). The number of hydrogen-bond acceptors (Lipinski definition) is 5. The van der Waals surface area contributed by atoms with Crippen LogP contribution in [-0.2, 0) is 0 Å². The molecule has 0 radical (unpaired) electrons. The number of nitrogens with one attached hydrogen (secondary N) is 1. The van der Waals surface area contributed by atoms with Crippen molar-refractivity contribution in [1.29, 1.82) is 0 Å². The van der Waals surface area contributed by atoms with Crippen LogP contribution in [0.5, 0.6) is 11.5 Å². The van der Waals surface area contributed by atoms with E-state index >= 15 is 0 Å². The molecule has 1 heterocycles. The van der Waals surface area contributed by atoms with Gasteiger partial charge in [-0.1, -0.05) is 35.9 Å². The van der Waals surface area contributed by atoms with E-state index in [2.05, 4.69) is 10.3 Å². The Hall–Kier alpha value is -4.03. The topological polar surface area (TPSA) is 73.6 Å². The summed E-state index contributed by atoms with van der Waals surface area (Å²) < 4.78 is 16.6. The SMILES string of the molecule is COc1ccc(-c2nc3cc(NC(=O)c4cccc5c(Cl)cccc45)ccc3o2)cc1OC. The van der Waals surface area contributed by atoms with E-state index in [1.54, 1.807) is 56.7 Å². The second kappa shape index (κ2) is 8.48. The van der Waals surface area contributed by atoms with Crippen molar-refractivity contribution in [3.8, 4) is 23.0 Å². The summed E-state index contributed by atoms with van der Waals surface area (Å²) in [6, 6.07) is 21.8. The lowest BCUT2D eigenvalue weighted by Gasteiger charge is -2.09. The van der Waals surface area contributed by atoms with Gasteiger partial charge >= 0.3 is 0 Å². The Balaban J connectivity index is 1.45. The van der Waals surface area contributed by atoms with E-state index in [0.29, 0.717) is 44.8 Å². The van der Waals surface area contributed by atoms with Gasteiger partial charge in [0.25, 0.3) is 5.91 Å². The number of hydrogen-bond donors (Lipinski definition) is 1. The highest BCUT2D eigenvalue weighted by Crippen LogP contribution is 2.34. The van der Waals surface area contributed by atoms with Gasteiger partial charge in [0, 0.05) is 27.2 Å². The fraction of sp³-hybridized carbons (Fsp3) is 0.0769. The molecule has 0 aliphatic carbocycles. The van der Waals surface area contributed by atoms with Gasteiger partial charge in [0.05, 0.1) is 14.2 Å². The molecule has 4 aromatic carbocycles. The molecule has 0 atom stereocenters. The van der Waals surface area contributed by atoms with Gasteiger partial charge < -0.3 is 19.2 Å². The average Bonchev–Trinajstić information content (AvgIpc) is 3.27. The molecule has 5 aromatic rings. The van der Waals surface area contributed by atoms with Crippen LogP contribution in [0.2, 0.25) is 5.02 Å². The zero-order valence-corrected chi connectivity index (χ0v) is 18.6. The monoisotopic (exact) mass is 458 g/mol. The summed E-state index contributed by atoms with van der Waals surface area (Å²) in [5.41, 5.74) is 3.13. The van der Waals surface area contributed by atoms with Crippen molar-refractivity contribution in [3.05, 3.63) is 83.4 Å². The number of ether oxygens (including phenoxy) is 2. The van der Waals surface area contributed by atoms with Crippen LogP contribution in [0.4, 0.5) is 5.69 Å². The van der Waals surface area contributed by atoms with Crippen molar-refractivity contribution in [2.45, 2.75) is 0 Å². The third-order valence-corrected chi connectivity index (χ3v) is 5.72. The number of methoxy groups -OCH3 is 2. The minimum atomic E-state index is -0.231. The van der Waals surface area contributed by atoms with Gasteiger partial charge in [0.15, 0.2) is 17.1 Å². The number of aromatic nitrogens is 1. The zero-order valence-electron chi connectivity index (χ0n) is 17.9. The maximum atomic E-state index is 13.0. The van der Waals surface area contributed by atoms with Crippen LogP contribution in [-0.4, -0.2) is 25.1 Å². The molecule has 0 bridgehead atoms. The summed E-state index contributed by atoms with van der Waals surface area (Å²) in [5.74, 6) is 1.42. The number of benzene rings is 4. The summed E-state index contributed by atoms with van der Waals surface area (Å²) in [6.07, 6.45) is 0. The van der Waals surface area contributed by atoms with Gasteiger partial charge in [-0.3, -0.25) is 4.79 Å². The van der Waals surface area contributed by atoms with Crippen LogP contribution >= 0.6 is 11.6 Å². The Morgan fingerprint density at radius 2 is 1.70 bits per heavy atom. The first-order valence-corrected chi connectivity index (χ1v) is 10.6. The molecular weight excluding hydrogens is 440 g/mol. The molecule has 0 aliphatic rings.